The Morgan fingerprint density at radius 3 is 2.26 bits per heavy atom. The third kappa shape index (κ3) is 6.97. The van der Waals surface area contributed by atoms with Gasteiger partial charge in [-0.25, -0.2) is 9.59 Å². The molecule has 19 heavy (non-hydrogen) atoms. The van der Waals surface area contributed by atoms with Crippen molar-refractivity contribution in [2.24, 2.45) is 0 Å². The van der Waals surface area contributed by atoms with Crippen LogP contribution in [0.25, 0.3) is 0 Å². The summed E-state index contributed by atoms with van der Waals surface area (Å²) in [5.41, 5.74) is -1.95. The van der Waals surface area contributed by atoms with E-state index < -0.39 is 11.6 Å². The van der Waals surface area contributed by atoms with Crippen LogP contribution < -0.4 is 5.32 Å². The Morgan fingerprint density at radius 1 is 1.26 bits per heavy atom. The number of carbonyl (C=O) groups excluding carboxylic acids is 1. The van der Waals surface area contributed by atoms with E-state index in [9.17, 15) is 14.7 Å². The van der Waals surface area contributed by atoms with Gasteiger partial charge in [-0.05, 0) is 40.9 Å². The van der Waals surface area contributed by atoms with Crippen molar-refractivity contribution in [3.05, 3.63) is 0 Å². The monoisotopic (exact) mass is 275 g/mol. The molecule has 0 aromatic carbocycles. The highest BCUT2D eigenvalue weighted by atomic mass is 16.4. The number of aliphatic carboxylic acids is 1. The maximum absolute atomic E-state index is 11.8. The molecule has 0 rings (SSSR count). The van der Waals surface area contributed by atoms with Crippen LogP contribution >= 0.6 is 0 Å². The van der Waals surface area contributed by atoms with Gasteiger partial charge in [0, 0.05) is 13.1 Å². The number of nitrogens with one attached hydrogen (secondary N) is 1. The van der Waals surface area contributed by atoms with Gasteiger partial charge < -0.3 is 25.3 Å². The normalized spacial score (nSPS) is 14.0. The largest absolute Gasteiger partial charge is 0.479 e. The highest BCUT2D eigenvalue weighted by molar-refractivity contribution is 5.79. The summed E-state index contributed by atoms with van der Waals surface area (Å²) in [4.78, 5) is 26.1. The van der Waals surface area contributed by atoms with Crippen LogP contribution in [0.2, 0.25) is 0 Å². The molecule has 0 radical (unpaired) electrons. The van der Waals surface area contributed by atoms with E-state index in [0.717, 1.165) is 19.9 Å². The quantitative estimate of drug-likeness (QED) is 0.571. The molecular weight excluding hydrogens is 250 g/mol. The molecule has 0 spiro atoms. The summed E-state index contributed by atoms with van der Waals surface area (Å²) < 4.78 is 0. The summed E-state index contributed by atoms with van der Waals surface area (Å²) >= 11 is 0. The summed E-state index contributed by atoms with van der Waals surface area (Å²) in [5, 5.41) is 20.7. The van der Waals surface area contributed by atoms with Gasteiger partial charge in [0.1, 0.15) is 0 Å². The van der Waals surface area contributed by atoms with Crippen molar-refractivity contribution in [2.45, 2.75) is 25.9 Å². The molecule has 0 heterocycles. The van der Waals surface area contributed by atoms with Crippen molar-refractivity contribution in [1.29, 1.82) is 0 Å². The molecule has 0 aliphatic rings. The predicted molar refractivity (Wildman–Crippen MR) is 72.1 cm³/mol. The lowest BCUT2D eigenvalue weighted by Gasteiger charge is -2.25. The second-order valence-corrected chi connectivity index (χ2v) is 4.97. The molecule has 0 saturated heterocycles. The number of aliphatic hydroxyl groups is 1. The van der Waals surface area contributed by atoms with Crippen LogP contribution in [0, 0.1) is 0 Å². The van der Waals surface area contributed by atoms with E-state index >= 15 is 0 Å². The van der Waals surface area contributed by atoms with Crippen molar-refractivity contribution in [3.63, 3.8) is 0 Å². The predicted octanol–water partition coefficient (Wildman–Crippen LogP) is -0.195. The Labute approximate surface area is 114 Å². The van der Waals surface area contributed by atoms with Gasteiger partial charge in [0.05, 0.1) is 6.54 Å². The molecule has 7 heteroatoms. The summed E-state index contributed by atoms with van der Waals surface area (Å²) in [7, 11) is 3.92. The van der Waals surface area contributed by atoms with Gasteiger partial charge in [-0.15, -0.1) is 0 Å². The fraction of sp³-hybridized carbons (Fsp3) is 0.833. The average molecular weight is 275 g/mol. The zero-order valence-corrected chi connectivity index (χ0v) is 12.1. The van der Waals surface area contributed by atoms with Gasteiger partial charge in [0.15, 0.2) is 5.60 Å². The maximum atomic E-state index is 11.8. The minimum absolute atomic E-state index is 0.314. The minimum atomic E-state index is -1.95. The molecule has 2 amide bonds. The number of carboxylic acid groups (broad SMARTS) is 1. The van der Waals surface area contributed by atoms with Gasteiger partial charge in [0.2, 0.25) is 0 Å². The Hall–Kier alpha value is -1.34. The Bertz CT molecular complexity index is 305. The van der Waals surface area contributed by atoms with E-state index in [0.29, 0.717) is 13.1 Å². The van der Waals surface area contributed by atoms with Crippen molar-refractivity contribution < 1.29 is 19.8 Å². The second kappa shape index (κ2) is 7.96. The van der Waals surface area contributed by atoms with Crippen LogP contribution in [0.4, 0.5) is 4.79 Å². The number of carboxylic acids is 1. The lowest BCUT2D eigenvalue weighted by molar-refractivity contribution is -0.155. The number of hydrogen-bond acceptors (Lipinski definition) is 4. The van der Waals surface area contributed by atoms with E-state index in [1.807, 2.05) is 25.9 Å². The first-order valence-corrected chi connectivity index (χ1v) is 6.34. The second-order valence-electron chi connectivity index (χ2n) is 4.97. The van der Waals surface area contributed by atoms with Crippen molar-refractivity contribution in [3.8, 4) is 0 Å². The average Bonchev–Trinajstić information content (AvgIpc) is 2.31. The number of amides is 2. The molecule has 0 aliphatic heterocycles. The number of rotatable bonds is 8. The van der Waals surface area contributed by atoms with Gasteiger partial charge in [-0.3, -0.25) is 0 Å². The molecule has 0 aliphatic carbocycles. The minimum Gasteiger partial charge on any atom is -0.479 e. The zero-order chi connectivity index (χ0) is 15.1. The fourth-order valence-corrected chi connectivity index (χ4v) is 1.42. The molecule has 0 bridgehead atoms. The first-order valence-electron chi connectivity index (χ1n) is 6.34. The summed E-state index contributed by atoms with van der Waals surface area (Å²) in [6, 6.07) is -0.359. The first-order chi connectivity index (χ1) is 8.70. The Kier molecular flexibility index (Phi) is 7.40. The Balaban J connectivity index is 4.18. The lowest BCUT2D eigenvalue weighted by Crippen LogP contribution is -2.50. The van der Waals surface area contributed by atoms with Gasteiger partial charge in [0.25, 0.3) is 0 Å². The topological polar surface area (TPSA) is 93.1 Å². The number of carbonyl (C=O) groups is 2. The molecular formula is C12H25N3O4. The number of nitrogens with zero attached hydrogens (tertiary/aromatic N) is 2. The molecule has 0 aromatic rings. The highest BCUT2D eigenvalue weighted by Crippen LogP contribution is 2.02. The number of urea groups is 1. The van der Waals surface area contributed by atoms with Crippen molar-refractivity contribution in [2.75, 3.05) is 40.3 Å². The third-order valence-corrected chi connectivity index (χ3v) is 2.75. The van der Waals surface area contributed by atoms with Crippen LogP contribution in [0.3, 0.4) is 0 Å². The summed E-state index contributed by atoms with van der Waals surface area (Å²) in [5.74, 6) is -1.36. The van der Waals surface area contributed by atoms with Crippen LogP contribution in [0.5, 0.6) is 0 Å². The Morgan fingerprint density at radius 2 is 1.84 bits per heavy atom. The maximum Gasteiger partial charge on any atom is 0.337 e. The number of hydrogen-bond donors (Lipinski definition) is 3. The van der Waals surface area contributed by atoms with E-state index in [1.54, 1.807) is 4.90 Å². The molecule has 1 unspecified atom stereocenters. The highest BCUT2D eigenvalue weighted by Gasteiger charge is 2.30. The van der Waals surface area contributed by atoms with Crippen molar-refractivity contribution >= 4 is 12.0 Å². The zero-order valence-electron chi connectivity index (χ0n) is 12.1. The van der Waals surface area contributed by atoms with Crippen molar-refractivity contribution in [1.82, 2.24) is 15.1 Å². The van der Waals surface area contributed by atoms with Gasteiger partial charge >= 0.3 is 12.0 Å². The van der Waals surface area contributed by atoms with Crippen LogP contribution in [0.1, 0.15) is 20.3 Å². The molecule has 7 nitrogen and oxygen atoms in total. The van der Waals surface area contributed by atoms with E-state index in [4.69, 9.17) is 5.11 Å². The molecule has 3 N–H and O–H groups in total. The standard InChI is InChI=1S/C12H25N3O4/c1-5-15(8-6-7-14(3)4)11(18)13-9-12(2,19)10(16)17/h19H,5-9H2,1-4H3,(H,13,18)(H,16,17). The van der Waals surface area contributed by atoms with Crippen LogP contribution in [0.15, 0.2) is 0 Å². The summed E-state index contributed by atoms with van der Waals surface area (Å²) in [6.07, 6.45) is 0.837. The van der Waals surface area contributed by atoms with Gasteiger partial charge in [-0.1, -0.05) is 0 Å². The van der Waals surface area contributed by atoms with Crippen LogP contribution in [-0.2, 0) is 4.79 Å². The summed E-state index contributed by atoms with van der Waals surface area (Å²) in [6.45, 7) is 4.69. The molecule has 1 atom stereocenters. The third-order valence-electron chi connectivity index (χ3n) is 2.75. The lowest BCUT2D eigenvalue weighted by atomic mass is 10.1. The van der Waals surface area contributed by atoms with E-state index in [1.165, 1.54) is 0 Å². The van der Waals surface area contributed by atoms with Crippen LogP contribution in [-0.4, -0.2) is 77.9 Å². The first kappa shape index (κ1) is 17.7. The molecule has 0 fully saturated rings. The molecule has 0 saturated carbocycles. The van der Waals surface area contributed by atoms with Gasteiger partial charge in [-0.2, -0.15) is 0 Å². The molecule has 0 aromatic heterocycles. The van der Waals surface area contributed by atoms with E-state index in [-0.39, 0.29) is 12.6 Å². The SMILES string of the molecule is CCN(CCCN(C)C)C(=O)NCC(C)(O)C(=O)O. The fourth-order valence-electron chi connectivity index (χ4n) is 1.42. The van der Waals surface area contributed by atoms with E-state index in [2.05, 4.69) is 5.32 Å². The smallest absolute Gasteiger partial charge is 0.337 e. The molecule has 112 valence electrons.